The minimum absolute atomic E-state index is 0.603. The van der Waals surface area contributed by atoms with Crippen LogP contribution in [0.5, 0.6) is 0 Å². The predicted molar refractivity (Wildman–Crippen MR) is 77.0 cm³/mol. The summed E-state index contributed by atoms with van der Waals surface area (Å²) in [6.45, 7) is 6.00. The molecule has 0 radical (unpaired) electrons. The van der Waals surface area contributed by atoms with Crippen molar-refractivity contribution in [2.75, 3.05) is 32.2 Å². The number of halogens is 1. The highest BCUT2D eigenvalue weighted by Crippen LogP contribution is 2.06. The van der Waals surface area contributed by atoms with E-state index in [9.17, 15) is 0 Å². The molecule has 0 aliphatic carbocycles. The molecule has 2 nitrogen and oxygen atoms in total. The van der Waals surface area contributed by atoms with Crippen LogP contribution in [0, 0.1) is 0 Å². The van der Waals surface area contributed by atoms with Gasteiger partial charge in [-0.1, -0.05) is 45.4 Å². The van der Waals surface area contributed by atoms with Gasteiger partial charge in [0.05, 0.1) is 6.61 Å². The molecular weight excluding hydrogens is 234 g/mol. The summed E-state index contributed by atoms with van der Waals surface area (Å²) < 4.78 is 5.29. The molecule has 0 aromatic heterocycles. The van der Waals surface area contributed by atoms with Crippen molar-refractivity contribution < 1.29 is 4.74 Å². The maximum Gasteiger partial charge on any atom is 0.0601 e. The van der Waals surface area contributed by atoms with Crippen LogP contribution in [0.4, 0.5) is 0 Å². The van der Waals surface area contributed by atoms with Gasteiger partial charge in [0, 0.05) is 12.5 Å². The first-order valence-corrected chi connectivity index (χ1v) is 7.79. The average molecular weight is 264 g/mol. The molecule has 0 aromatic carbocycles. The first kappa shape index (κ1) is 17.2. The molecule has 0 saturated heterocycles. The number of hydrogen-bond donors (Lipinski definition) is 1. The summed E-state index contributed by atoms with van der Waals surface area (Å²) in [5, 5.41) is 3.45. The van der Waals surface area contributed by atoms with Crippen LogP contribution in [0.25, 0.3) is 0 Å². The molecule has 0 fully saturated rings. The second-order valence-corrected chi connectivity index (χ2v) is 4.90. The van der Waals surface area contributed by atoms with E-state index in [1.165, 1.54) is 44.9 Å². The molecule has 0 heterocycles. The number of ether oxygens (including phenoxy) is 1. The van der Waals surface area contributed by atoms with Gasteiger partial charge in [-0.05, 0) is 25.9 Å². The second-order valence-electron chi connectivity index (χ2n) is 4.53. The third-order valence-corrected chi connectivity index (χ3v) is 2.98. The topological polar surface area (TPSA) is 21.3 Å². The van der Waals surface area contributed by atoms with Crippen LogP contribution < -0.4 is 5.32 Å². The number of nitrogens with one attached hydrogen (secondary N) is 1. The molecular formula is C14H30ClNO. The molecule has 0 unspecified atom stereocenters. The van der Waals surface area contributed by atoms with Crippen LogP contribution >= 0.6 is 11.6 Å². The fraction of sp³-hybridized carbons (Fsp3) is 1.00. The molecule has 3 heteroatoms. The van der Waals surface area contributed by atoms with Gasteiger partial charge in [0.15, 0.2) is 0 Å². The van der Waals surface area contributed by atoms with Gasteiger partial charge in [-0.2, -0.15) is 0 Å². The SMILES string of the molecule is CCCCCCCCCNCCCOCCCl. The van der Waals surface area contributed by atoms with Crippen molar-refractivity contribution in [3.05, 3.63) is 0 Å². The predicted octanol–water partition coefficient (Wildman–Crippen LogP) is 3.97. The maximum atomic E-state index is 5.50. The monoisotopic (exact) mass is 263 g/mol. The Morgan fingerprint density at radius 3 is 2.18 bits per heavy atom. The fourth-order valence-corrected chi connectivity index (χ4v) is 1.90. The van der Waals surface area contributed by atoms with Crippen LogP contribution in [-0.2, 0) is 4.74 Å². The van der Waals surface area contributed by atoms with E-state index in [1.807, 2.05) is 0 Å². The van der Waals surface area contributed by atoms with Crippen molar-refractivity contribution in [1.82, 2.24) is 5.32 Å². The summed E-state index contributed by atoms with van der Waals surface area (Å²) in [6, 6.07) is 0. The van der Waals surface area contributed by atoms with Crippen LogP contribution in [0.3, 0.4) is 0 Å². The Labute approximate surface area is 112 Å². The van der Waals surface area contributed by atoms with E-state index in [2.05, 4.69) is 12.2 Å². The van der Waals surface area contributed by atoms with Gasteiger partial charge in [0.2, 0.25) is 0 Å². The minimum Gasteiger partial charge on any atom is -0.380 e. The number of unbranched alkanes of at least 4 members (excludes halogenated alkanes) is 6. The Morgan fingerprint density at radius 2 is 1.47 bits per heavy atom. The van der Waals surface area contributed by atoms with Crippen molar-refractivity contribution in [1.29, 1.82) is 0 Å². The smallest absolute Gasteiger partial charge is 0.0601 e. The zero-order valence-electron chi connectivity index (χ0n) is 11.5. The van der Waals surface area contributed by atoms with Crippen LogP contribution in [0.15, 0.2) is 0 Å². The Bertz CT molecular complexity index is 119. The van der Waals surface area contributed by atoms with Gasteiger partial charge in [0.25, 0.3) is 0 Å². The molecule has 1 N–H and O–H groups in total. The number of hydrogen-bond acceptors (Lipinski definition) is 2. The highest BCUT2D eigenvalue weighted by Gasteiger charge is 1.92. The lowest BCUT2D eigenvalue weighted by Gasteiger charge is -2.05. The van der Waals surface area contributed by atoms with Gasteiger partial charge in [-0.3, -0.25) is 0 Å². The molecule has 0 aliphatic heterocycles. The third-order valence-electron chi connectivity index (χ3n) is 2.82. The van der Waals surface area contributed by atoms with E-state index in [0.717, 1.165) is 26.1 Å². The van der Waals surface area contributed by atoms with Gasteiger partial charge in [-0.25, -0.2) is 0 Å². The molecule has 104 valence electrons. The van der Waals surface area contributed by atoms with Crippen LogP contribution in [0.2, 0.25) is 0 Å². The molecule has 0 atom stereocenters. The summed E-state index contributed by atoms with van der Waals surface area (Å²) in [7, 11) is 0. The molecule has 17 heavy (non-hydrogen) atoms. The van der Waals surface area contributed by atoms with Crippen molar-refractivity contribution in [3.63, 3.8) is 0 Å². The highest BCUT2D eigenvalue weighted by molar-refractivity contribution is 6.17. The van der Waals surface area contributed by atoms with E-state index in [-0.39, 0.29) is 0 Å². The van der Waals surface area contributed by atoms with Gasteiger partial charge < -0.3 is 10.1 Å². The Hall–Kier alpha value is 0.210. The Morgan fingerprint density at radius 1 is 0.824 bits per heavy atom. The highest BCUT2D eigenvalue weighted by atomic mass is 35.5. The minimum atomic E-state index is 0.603. The molecule has 0 rings (SSSR count). The van der Waals surface area contributed by atoms with Crippen molar-refractivity contribution >= 4 is 11.6 Å². The van der Waals surface area contributed by atoms with Crippen molar-refractivity contribution in [2.24, 2.45) is 0 Å². The zero-order chi connectivity index (χ0) is 12.6. The first-order chi connectivity index (χ1) is 8.41. The first-order valence-electron chi connectivity index (χ1n) is 7.26. The summed E-state index contributed by atoms with van der Waals surface area (Å²) in [5.41, 5.74) is 0. The van der Waals surface area contributed by atoms with Crippen molar-refractivity contribution in [2.45, 2.75) is 58.3 Å². The molecule has 0 aliphatic rings. The zero-order valence-corrected chi connectivity index (χ0v) is 12.2. The van der Waals surface area contributed by atoms with Crippen molar-refractivity contribution in [3.8, 4) is 0 Å². The van der Waals surface area contributed by atoms with E-state index in [0.29, 0.717) is 12.5 Å². The standard InChI is InChI=1S/C14H30ClNO/c1-2-3-4-5-6-7-8-11-16-12-9-13-17-14-10-15/h16H,2-14H2,1H3. The molecule has 0 amide bonds. The maximum absolute atomic E-state index is 5.50. The molecule has 0 spiro atoms. The van der Waals surface area contributed by atoms with Crippen LogP contribution in [-0.4, -0.2) is 32.2 Å². The van der Waals surface area contributed by atoms with E-state index in [1.54, 1.807) is 0 Å². The lowest BCUT2D eigenvalue weighted by molar-refractivity contribution is 0.146. The molecule has 0 saturated carbocycles. The summed E-state index contributed by atoms with van der Waals surface area (Å²) in [6.07, 6.45) is 10.8. The molecule has 0 bridgehead atoms. The van der Waals surface area contributed by atoms with E-state index in [4.69, 9.17) is 16.3 Å². The third kappa shape index (κ3) is 16.2. The van der Waals surface area contributed by atoms with Gasteiger partial charge in [0.1, 0.15) is 0 Å². The normalized spacial score (nSPS) is 10.9. The summed E-state index contributed by atoms with van der Waals surface area (Å²) >= 11 is 5.50. The van der Waals surface area contributed by atoms with Gasteiger partial charge >= 0.3 is 0 Å². The second kappa shape index (κ2) is 16.2. The summed E-state index contributed by atoms with van der Waals surface area (Å²) in [5.74, 6) is 0.603. The summed E-state index contributed by atoms with van der Waals surface area (Å²) in [4.78, 5) is 0. The quantitative estimate of drug-likeness (QED) is 0.378. The molecule has 0 aromatic rings. The Balaban J connectivity index is 2.85. The van der Waals surface area contributed by atoms with Gasteiger partial charge in [-0.15, -0.1) is 11.6 Å². The van der Waals surface area contributed by atoms with E-state index >= 15 is 0 Å². The Kier molecular flexibility index (Phi) is 16.4. The lowest BCUT2D eigenvalue weighted by Crippen LogP contribution is -2.18. The fourth-order valence-electron chi connectivity index (χ4n) is 1.79. The lowest BCUT2D eigenvalue weighted by atomic mass is 10.1. The van der Waals surface area contributed by atoms with Crippen LogP contribution in [0.1, 0.15) is 58.3 Å². The largest absolute Gasteiger partial charge is 0.380 e. The number of rotatable bonds is 14. The van der Waals surface area contributed by atoms with E-state index < -0.39 is 0 Å². The average Bonchev–Trinajstić information content (AvgIpc) is 2.35. The number of alkyl halides is 1.